The molecule has 0 spiro atoms. The summed E-state index contributed by atoms with van der Waals surface area (Å²) in [5, 5.41) is 10.9. The van der Waals surface area contributed by atoms with Gasteiger partial charge in [-0.05, 0) is 18.2 Å². The van der Waals surface area contributed by atoms with Gasteiger partial charge in [-0.3, -0.25) is 9.59 Å². The topological polar surface area (TPSA) is 136 Å². The van der Waals surface area contributed by atoms with E-state index in [1.807, 2.05) is 5.32 Å². The number of amides is 2. The Morgan fingerprint density at radius 2 is 2.00 bits per heavy atom. The van der Waals surface area contributed by atoms with Gasteiger partial charge in [0, 0.05) is 5.69 Å². The number of halogens is 1. The molecule has 1 aromatic rings. The second-order valence-corrected chi connectivity index (χ2v) is 3.77. The highest BCUT2D eigenvalue weighted by Crippen LogP contribution is 2.13. The Balaban J connectivity index is 2.90. The van der Waals surface area contributed by atoms with Crippen molar-refractivity contribution in [1.29, 1.82) is 0 Å². The van der Waals surface area contributed by atoms with E-state index in [9.17, 15) is 18.8 Å². The monoisotopic (exact) mass is 269 g/mol. The highest BCUT2D eigenvalue weighted by molar-refractivity contribution is 6.01. The van der Waals surface area contributed by atoms with Crippen LogP contribution in [0, 0.1) is 5.82 Å². The van der Waals surface area contributed by atoms with E-state index in [-0.39, 0.29) is 11.3 Å². The SMILES string of the molecule is NC(=O)C[C@@H](NC(=O)c1cc(F)ccc1N)C(=O)O. The highest BCUT2D eigenvalue weighted by atomic mass is 19.1. The van der Waals surface area contributed by atoms with Crippen molar-refractivity contribution in [3.8, 4) is 0 Å². The molecule has 102 valence electrons. The number of benzene rings is 1. The lowest BCUT2D eigenvalue weighted by atomic mass is 10.1. The first kappa shape index (κ1) is 14.4. The minimum atomic E-state index is -1.49. The number of carbonyl (C=O) groups is 3. The molecule has 0 aromatic heterocycles. The summed E-state index contributed by atoms with van der Waals surface area (Å²) in [6.45, 7) is 0. The van der Waals surface area contributed by atoms with E-state index >= 15 is 0 Å². The number of carboxylic acid groups (broad SMARTS) is 1. The molecule has 0 radical (unpaired) electrons. The van der Waals surface area contributed by atoms with Crippen molar-refractivity contribution in [1.82, 2.24) is 5.32 Å². The molecule has 0 bridgehead atoms. The van der Waals surface area contributed by atoms with E-state index in [1.54, 1.807) is 0 Å². The molecular weight excluding hydrogens is 257 g/mol. The van der Waals surface area contributed by atoms with Gasteiger partial charge >= 0.3 is 5.97 Å². The summed E-state index contributed by atoms with van der Waals surface area (Å²) in [6.07, 6.45) is -0.573. The standard InChI is InChI=1S/C11H12FN3O4/c12-5-1-2-7(13)6(3-5)10(17)15-8(11(18)19)4-9(14)16/h1-3,8H,4,13H2,(H2,14,16)(H,15,17)(H,18,19)/t8-/m1/s1. The van der Waals surface area contributed by atoms with E-state index < -0.39 is 36.1 Å². The van der Waals surface area contributed by atoms with Crippen molar-refractivity contribution < 1.29 is 23.9 Å². The molecule has 6 N–H and O–H groups in total. The number of rotatable bonds is 5. The quantitative estimate of drug-likeness (QED) is 0.532. The Bertz CT molecular complexity index is 533. The molecule has 19 heavy (non-hydrogen) atoms. The zero-order valence-corrected chi connectivity index (χ0v) is 9.72. The van der Waals surface area contributed by atoms with Crippen molar-refractivity contribution in [3.63, 3.8) is 0 Å². The van der Waals surface area contributed by atoms with E-state index in [1.165, 1.54) is 6.07 Å². The minimum Gasteiger partial charge on any atom is -0.480 e. The zero-order chi connectivity index (χ0) is 14.6. The summed E-state index contributed by atoms with van der Waals surface area (Å²) in [7, 11) is 0. The lowest BCUT2D eigenvalue weighted by molar-refractivity contribution is -0.140. The lowest BCUT2D eigenvalue weighted by Gasteiger charge is -2.13. The number of primary amides is 1. The summed E-state index contributed by atoms with van der Waals surface area (Å²) < 4.78 is 13.0. The average molecular weight is 269 g/mol. The number of nitrogen functional groups attached to an aromatic ring is 1. The van der Waals surface area contributed by atoms with Gasteiger partial charge in [0.1, 0.15) is 11.9 Å². The van der Waals surface area contributed by atoms with E-state index in [4.69, 9.17) is 16.6 Å². The van der Waals surface area contributed by atoms with E-state index in [0.29, 0.717) is 0 Å². The van der Waals surface area contributed by atoms with Crippen molar-refractivity contribution in [2.24, 2.45) is 5.73 Å². The molecule has 0 aliphatic carbocycles. The van der Waals surface area contributed by atoms with E-state index in [2.05, 4.69) is 0 Å². The molecule has 0 aliphatic heterocycles. The molecule has 1 rings (SSSR count). The lowest BCUT2D eigenvalue weighted by Crippen LogP contribution is -2.43. The Labute approximate surface area is 107 Å². The summed E-state index contributed by atoms with van der Waals surface area (Å²) in [5.41, 5.74) is 10.1. The predicted molar refractivity (Wildman–Crippen MR) is 63.5 cm³/mol. The molecule has 0 aliphatic rings. The maximum absolute atomic E-state index is 13.0. The van der Waals surface area contributed by atoms with Gasteiger partial charge in [0.15, 0.2) is 0 Å². The van der Waals surface area contributed by atoms with Crippen LogP contribution in [0.5, 0.6) is 0 Å². The molecule has 2 amide bonds. The Hall–Kier alpha value is -2.64. The fourth-order valence-corrected chi connectivity index (χ4v) is 1.36. The van der Waals surface area contributed by atoms with Gasteiger partial charge < -0.3 is 21.9 Å². The van der Waals surface area contributed by atoms with Gasteiger partial charge in [-0.15, -0.1) is 0 Å². The third kappa shape index (κ3) is 3.95. The predicted octanol–water partition coefficient (Wildman–Crippen LogP) is -0.534. The van der Waals surface area contributed by atoms with Crippen LogP contribution in [0.4, 0.5) is 10.1 Å². The van der Waals surface area contributed by atoms with Crippen LogP contribution in [0.2, 0.25) is 0 Å². The van der Waals surface area contributed by atoms with Crippen LogP contribution < -0.4 is 16.8 Å². The van der Waals surface area contributed by atoms with Crippen molar-refractivity contribution in [3.05, 3.63) is 29.6 Å². The van der Waals surface area contributed by atoms with Gasteiger partial charge in [0.25, 0.3) is 5.91 Å². The van der Waals surface area contributed by atoms with Gasteiger partial charge in [-0.25, -0.2) is 9.18 Å². The summed E-state index contributed by atoms with van der Waals surface area (Å²) in [5.74, 6) is -3.91. The molecule has 0 unspecified atom stereocenters. The molecule has 7 nitrogen and oxygen atoms in total. The molecule has 0 saturated carbocycles. The molecule has 1 aromatic carbocycles. The first-order valence-electron chi connectivity index (χ1n) is 5.18. The number of carboxylic acids is 1. The summed E-state index contributed by atoms with van der Waals surface area (Å²) in [4.78, 5) is 33.2. The van der Waals surface area contributed by atoms with Gasteiger partial charge in [-0.1, -0.05) is 0 Å². The van der Waals surface area contributed by atoms with Crippen LogP contribution in [0.25, 0.3) is 0 Å². The smallest absolute Gasteiger partial charge is 0.326 e. The maximum atomic E-state index is 13.0. The number of nitrogens with one attached hydrogen (secondary N) is 1. The summed E-state index contributed by atoms with van der Waals surface area (Å²) >= 11 is 0. The summed E-state index contributed by atoms with van der Waals surface area (Å²) in [6, 6.07) is 1.61. The largest absolute Gasteiger partial charge is 0.480 e. The fraction of sp³-hybridized carbons (Fsp3) is 0.182. The highest BCUT2D eigenvalue weighted by Gasteiger charge is 2.23. The molecule has 0 fully saturated rings. The first-order valence-corrected chi connectivity index (χ1v) is 5.18. The van der Waals surface area contributed by atoms with Crippen LogP contribution in [-0.4, -0.2) is 28.9 Å². The van der Waals surface area contributed by atoms with Crippen LogP contribution in [0.1, 0.15) is 16.8 Å². The molecule has 1 atom stereocenters. The van der Waals surface area contributed by atoms with Crippen LogP contribution in [0.3, 0.4) is 0 Å². The van der Waals surface area contributed by atoms with Gasteiger partial charge in [0.2, 0.25) is 5.91 Å². The third-order valence-corrected chi connectivity index (χ3v) is 2.27. The number of nitrogens with two attached hydrogens (primary N) is 2. The molecule has 0 saturated heterocycles. The van der Waals surface area contributed by atoms with Crippen LogP contribution in [-0.2, 0) is 9.59 Å². The number of aliphatic carboxylic acids is 1. The Morgan fingerprint density at radius 3 is 2.53 bits per heavy atom. The normalized spacial score (nSPS) is 11.6. The van der Waals surface area contributed by atoms with E-state index in [0.717, 1.165) is 12.1 Å². The minimum absolute atomic E-state index is 0.0119. The third-order valence-electron chi connectivity index (χ3n) is 2.27. The molecule has 0 heterocycles. The molecular formula is C11H12FN3O4. The Morgan fingerprint density at radius 1 is 1.37 bits per heavy atom. The van der Waals surface area contributed by atoms with Crippen LogP contribution >= 0.6 is 0 Å². The number of hydrogen-bond donors (Lipinski definition) is 4. The number of anilines is 1. The number of hydrogen-bond acceptors (Lipinski definition) is 4. The van der Waals surface area contributed by atoms with Crippen molar-refractivity contribution in [2.75, 3.05) is 5.73 Å². The second-order valence-electron chi connectivity index (χ2n) is 3.77. The van der Waals surface area contributed by atoms with Gasteiger partial charge in [-0.2, -0.15) is 0 Å². The molecule has 8 heteroatoms. The van der Waals surface area contributed by atoms with Gasteiger partial charge in [0.05, 0.1) is 12.0 Å². The fourth-order valence-electron chi connectivity index (χ4n) is 1.36. The second kappa shape index (κ2) is 5.80. The van der Waals surface area contributed by atoms with Crippen molar-refractivity contribution >= 4 is 23.5 Å². The Kier molecular flexibility index (Phi) is 4.41. The first-order chi connectivity index (χ1) is 8.81. The van der Waals surface area contributed by atoms with Crippen LogP contribution in [0.15, 0.2) is 18.2 Å². The van der Waals surface area contributed by atoms with Crippen molar-refractivity contribution in [2.45, 2.75) is 12.5 Å². The zero-order valence-electron chi connectivity index (χ0n) is 9.72. The number of carbonyl (C=O) groups excluding carboxylic acids is 2. The maximum Gasteiger partial charge on any atom is 0.326 e. The average Bonchev–Trinajstić information content (AvgIpc) is 2.30.